The molecule has 3 aromatic rings. The minimum Gasteiger partial charge on any atom is -0.486 e. The summed E-state index contributed by atoms with van der Waals surface area (Å²) in [6.45, 7) is 0.139. The van der Waals surface area contributed by atoms with Gasteiger partial charge in [0.25, 0.3) is 0 Å². The van der Waals surface area contributed by atoms with Crippen LogP contribution < -0.4 is 4.74 Å². The van der Waals surface area contributed by atoms with Gasteiger partial charge in [-0.2, -0.15) is 5.26 Å². The van der Waals surface area contributed by atoms with Crippen LogP contribution in [0.1, 0.15) is 16.7 Å². The summed E-state index contributed by atoms with van der Waals surface area (Å²) in [6.07, 6.45) is 1.71. The van der Waals surface area contributed by atoms with E-state index in [9.17, 15) is 9.65 Å². The predicted octanol–water partition coefficient (Wildman–Crippen LogP) is 6.78. The molecule has 0 saturated carbocycles. The highest BCUT2D eigenvalue weighted by Crippen LogP contribution is 2.36. The fourth-order valence-corrected chi connectivity index (χ4v) is 3.16. The minimum atomic E-state index is -0.335. The highest BCUT2D eigenvalue weighted by Gasteiger charge is 2.11. The van der Waals surface area contributed by atoms with Gasteiger partial charge in [-0.3, -0.25) is 0 Å². The van der Waals surface area contributed by atoms with E-state index in [0.29, 0.717) is 32.5 Å². The predicted molar refractivity (Wildman–Crippen MR) is 107 cm³/mol. The summed E-state index contributed by atoms with van der Waals surface area (Å²) in [4.78, 5) is 0. The number of allylic oxidation sites excluding steroid dienone is 1. The smallest absolute Gasteiger partial charge is 0.157 e. The van der Waals surface area contributed by atoms with E-state index in [4.69, 9.17) is 27.9 Å². The molecule has 0 heterocycles. The Balaban J connectivity index is 1.84. The van der Waals surface area contributed by atoms with Gasteiger partial charge >= 0.3 is 0 Å². The number of rotatable bonds is 5. The van der Waals surface area contributed by atoms with Crippen LogP contribution in [0.15, 0.2) is 66.7 Å². The van der Waals surface area contributed by atoms with Crippen LogP contribution in [-0.2, 0) is 6.61 Å². The van der Waals surface area contributed by atoms with Crippen molar-refractivity contribution in [3.8, 4) is 11.8 Å². The summed E-state index contributed by atoms with van der Waals surface area (Å²) in [5.41, 5.74) is 2.65. The van der Waals surface area contributed by atoms with Crippen molar-refractivity contribution in [3.63, 3.8) is 0 Å². The molecule has 0 unspecified atom stereocenters. The molecule has 2 nitrogen and oxygen atoms in total. The molecule has 0 atom stereocenters. The molecule has 0 amide bonds. The topological polar surface area (TPSA) is 33.0 Å². The second-order valence-electron chi connectivity index (χ2n) is 5.77. The van der Waals surface area contributed by atoms with Gasteiger partial charge in [0.05, 0.1) is 21.7 Å². The van der Waals surface area contributed by atoms with Gasteiger partial charge in [0.2, 0.25) is 0 Å². The Morgan fingerprint density at radius 2 is 1.70 bits per heavy atom. The lowest BCUT2D eigenvalue weighted by molar-refractivity contribution is 0.306. The Kier molecular flexibility index (Phi) is 6.13. The normalized spacial score (nSPS) is 11.1. The van der Waals surface area contributed by atoms with Gasteiger partial charge in [-0.25, -0.2) is 4.39 Å². The molecule has 0 radical (unpaired) electrons. The first-order valence-electron chi connectivity index (χ1n) is 8.10. The summed E-state index contributed by atoms with van der Waals surface area (Å²) < 4.78 is 18.9. The first-order valence-corrected chi connectivity index (χ1v) is 8.86. The zero-order valence-electron chi connectivity index (χ0n) is 14.1. The van der Waals surface area contributed by atoms with Gasteiger partial charge in [0, 0.05) is 0 Å². The number of hydrogen-bond acceptors (Lipinski definition) is 2. The molecule has 0 bridgehead atoms. The molecule has 0 spiro atoms. The summed E-state index contributed by atoms with van der Waals surface area (Å²) in [7, 11) is 0. The number of ether oxygens (including phenoxy) is 1. The molecular weight excluding hydrogens is 384 g/mol. The van der Waals surface area contributed by atoms with Crippen molar-refractivity contribution < 1.29 is 9.13 Å². The van der Waals surface area contributed by atoms with Crippen molar-refractivity contribution >= 4 is 34.9 Å². The van der Waals surface area contributed by atoms with Crippen molar-refractivity contribution in [2.24, 2.45) is 0 Å². The van der Waals surface area contributed by atoms with Crippen LogP contribution in [0.2, 0.25) is 10.0 Å². The second kappa shape index (κ2) is 8.73. The molecule has 0 aliphatic carbocycles. The van der Waals surface area contributed by atoms with Crippen molar-refractivity contribution in [2.75, 3.05) is 0 Å². The van der Waals surface area contributed by atoms with E-state index in [1.54, 1.807) is 30.3 Å². The summed E-state index contributed by atoms with van der Waals surface area (Å²) in [5.74, 6) is -0.0170. The van der Waals surface area contributed by atoms with Crippen molar-refractivity contribution in [3.05, 3.63) is 99.3 Å². The van der Waals surface area contributed by atoms with Crippen LogP contribution in [0.4, 0.5) is 4.39 Å². The quantitative estimate of drug-likeness (QED) is 0.351. The molecule has 0 aliphatic heterocycles. The van der Waals surface area contributed by atoms with Crippen LogP contribution in [0.5, 0.6) is 5.75 Å². The lowest BCUT2D eigenvalue weighted by atomic mass is 10.0. The molecule has 0 aliphatic rings. The highest BCUT2D eigenvalue weighted by atomic mass is 35.5. The summed E-state index contributed by atoms with van der Waals surface area (Å²) in [6, 6.07) is 21.0. The fourth-order valence-electron chi connectivity index (χ4n) is 2.55. The molecule has 3 rings (SSSR count). The van der Waals surface area contributed by atoms with Gasteiger partial charge < -0.3 is 4.74 Å². The van der Waals surface area contributed by atoms with E-state index < -0.39 is 0 Å². The maximum absolute atomic E-state index is 13.3. The molecule has 0 N–H and O–H groups in total. The first kappa shape index (κ1) is 19.0. The standard InChI is InChI=1S/C22H14Cl2FNO/c23-20-11-16(9-18(13-26)17-6-2-1-3-7-17)12-21(24)22(20)27-14-15-5-4-8-19(25)10-15/h1-12H,14H2/b18-9+. The van der Waals surface area contributed by atoms with E-state index in [1.807, 2.05) is 30.3 Å². The lowest BCUT2D eigenvalue weighted by Gasteiger charge is -2.11. The molecular formula is C22H14Cl2FNO. The number of nitriles is 1. The zero-order chi connectivity index (χ0) is 19.2. The Bertz CT molecular complexity index is 1000. The van der Waals surface area contributed by atoms with E-state index in [-0.39, 0.29) is 12.4 Å². The average molecular weight is 398 g/mol. The molecule has 5 heteroatoms. The van der Waals surface area contributed by atoms with Crippen molar-refractivity contribution in [1.29, 1.82) is 5.26 Å². The van der Waals surface area contributed by atoms with Gasteiger partial charge in [-0.05, 0) is 47.0 Å². The molecule has 134 valence electrons. The maximum Gasteiger partial charge on any atom is 0.157 e. The van der Waals surface area contributed by atoms with Crippen LogP contribution in [0.3, 0.4) is 0 Å². The van der Waals surface area contributed by atoms with Gasteiger partial charge in [-0.1, -0.05) is 65.7 Å². The molecule has 27 heavy (non-hydrogen) atoms. The number of hydrogen-bond donors (Lipinski definition) is 0. The SMILES string of the molecule is N#C/C(=C\c1cc(Cl)c(OCc2cccc(F)c2)c(Cl)c1)c1ccccc1. The van der Waals surface area contributed by atoms with Crippen LogP contribution in [-0.4, -0.2) is 0 Å². The largest absolute Gasteiger partial charge is 0.486 e. The van der Waals surface area contributed by atoms with Crippen LogP contribution in [0, 0.1) is 17.1 Å². The third-order valence-electron chi connectivity index (χ3n) is 3.81. The molecule has 0 fully saturated rings. The third-order valence-corrected chi connectivity index (χ3v) is 4.37. The monoisotopic (exact) mass is 397 g/mol. The zero-order valence-corrected chi connectivity index (χ0v) is 15.6. The number of nitrogens with zero attached hydrogens (tertiary/aromatic N) is 1. The van der Waals surface area contributed by atoms with Gasteiger partial charge in [0.15, 0.2) is 5.75 Å². The van der Waals surface area contributed by atoms with E-state index in [1.165, 1.54) is 12.1 Å². The average Bonchev–Trinajstić information content (AvgIpc) is 2.66. The first-order chi connectivity index (χ1) is 13.1. The van der Waals surface area contributed by atoms with E-state index >= 15 is 0 Å². The van der Waals surface area contributed by atoms with E-state index in [2.05, 4.69) is 6.07 Å². The summed E-state index contributed by atoms with van der Waals surface area (Å²) >= 11 is 12.6. The number of benzene rings is 3. The Hall–Kier alpha value is -2.80. The number of halogens is 3. The van der Waals surface area contributed by atoms with Crippen molar-refractivity contribution in [1.82, 2.24) is 0 Å². The molecule has 0 aromatic heterocycles. The van der Waals surface area contributed by atoms with E-state index in [0.717, 1.165) is 5.56 Å². The fraction of sp³-hybridized carbons (Fsp3) is 0.0455. The summed E-state index contributed by atoms with van der Waals surface area (Å²) in [5, 5.41) is 10.1. The van der Waals surface area contributed by atoms with Crippen molar-refractivity contribution in [2.45, 2.75) is 6.61 Å². The van der Waals surface area contributed by atoms with Gasteiger partial charge in [-0.15, -0.1) is 0 Å². The Morgan fingerprint density at radius 1 is 1.00 bits per heavy atom. The minimum absolute atomic E-state index is 0.139. The second-order valence-corrected chi connectivity index (χ2v) is 6.58. The maximum atomic E-state index is 13.3. The van der Waals surface area contributed by atoms with Gasteiger partial charge in [0.1, 0.15) is 12.4 Å². The third kappa shape index (κ3) is 4.89. The molecule has 0 saturated heterocycles. The molecule has 3 aromatic carbocycles. The van der Waals surface area contributed by atoms with Crippen LogP contribution in [0.25, 0.3) is 11.6 Å². The highest BCUT2D eigenvalue weighted by molar-refractivity contribution is 6.37. The van der Waals surface area contributed by atoms with Crippen LogP contribution >= 0.6 is 23.2 Å². The lowest BCUT2D eigenvalue weighted by Crippen LogP contribution is -1.97. The Labute approximate surface area is 167 Å². The Morgan fingerprint density at radius 3 is 2.33 bits per heavy atom.